The topological polar surface area (TPSA) is 45.2 Å². The van der Waals surface area contributed by atoms with Crippen LogP contribution in [0, 0.1) is 5.92 Å². The average Bonchev–Trinajstić information content (AvgIpc) is 2.97. The fourth-order valence-electron chi connectivity index (χ4n) is 2.15. The molecular weight excluding hydrogens is 234 g/mol. The molecule has 1 saturated heterocycles. The lowest BCUT2D eigenvalue weighted by atomic mass is 10.1. The van der Waals surface area contributed by atoms with Gasteiger partial charge in [-0.3, -0.25) is 4.79 Å². The third-order valence-electron chi connectivity index (χ3n) is 3.04. The van der Waals surface area contributed by atoms with E-state index in [1.54, 1.807) is 10.9 Å². The number of carbonyl (C=O) groups excluding carboxylic acids is 1. The normalized spacial score (nSPS) is 18.2. The fourth-order valence-corrected chi connectivity index (χ4v) is 2.68. The van der Waals surface area contributed by atoms with Crippen LogP contribution in [-0.4, -0.2) is 42.0 Å². The Morgan fingerprint density at radius 1 is 1.59 bits per heavy atom. The van der Waals surface area contributed by atoms with Gasteiger partial charge in [-0.2, -0.15) is 0 Å². The van der Waals surface area contributed by atoms with Crippen molar-refractivity contribution in [2.24, 2.45) is 5.92 Å². The van der Waals surface area contributed by atoms with Gasteiger partial charge in [0.2, 0.25) is 0 Å². The van der Waals surface area contributed by atoms with Crippen molar-refractivity contribution in [2.75, 3.05) is 26.2 Å². The molecule has 0 aromatic carbocycles. The molecule has 2 heterocycles. The van der Waals surface area contributed by atoms with Crippen molar-refractivity contribution in [1.29, 1.82) is 0 Å². The quantitative estimate of drug-likeness (QED) is 0.867. The third kappa shape index (κ3) is 3.78. The first-order valence-corrected chi connectivity index (χ1v) is 7.08. The van der Waals surface area contributed by atoms with Crippen molar-refractivity contribution in [2.45, 2.75) is 19.8 Å². The third-order valence-corrected chi connectivity index (χ3v) is 3.63. The highest BCUT2D eigenvalue weighted by Gasteiger charge is 2.15. The van der Waals surface area contributed by atoms with Gasteiger partial charge in [-0.25, -0.2) is 4.98 Å². The Morgan fingerprint density at radius 2 is 2.35 bits per heavy atom. The van der Waals surface area contributed by atoms with Crippen LogP contribution in [0.15, 0.2) is 10.9 Å². The molecule has 4 nitrogen and oxygen atoms in total. The van der Waals surface area contributed by atoms with Crippen molar-refractivity contribution in [3.8, 4) is 0 Å². The van der Waals surface area contributed by atoms with Crippen LogP contribution in [0.1, 0.15) is 30.3 Å². The predicted octanol–water partition coefficient (Wildman–Crippen LogP) is 1.60. The highest BCUT2D eigenvalue weighted by Crippen LogP contribution is 2.09. The maximum absolute atomic E-state index is 11.7. The molecule has 1 atom stereocenters. The zero-order valence-electron chi connectivity index (χ0n) is 10.2. The maximum Gasteiger partial charge on any atom is 0.270 e. The lowest BCUT2D eigenvalue weighted by molar-refractivity contribution is 0.0941. The molecule has 0 radical (unpaired) electrons. The zero-order valence-corrected chi connectivity index (χ0v) is 11.0. The summed E-state index contributed by atoms with van der Waals surface area (Å²) in [5.74, 6) is 0.440. The van der Waals surface area contributed by atoms with Gasteiger partial charge in [-0.15, -0.1) is 11.3 Å². The molecule has 1 aromatic heterocycles. The number of aromatic nitrogens is 1. The fraction of sp³-hybridized carbons (Fsp3) is 0.667. The Kier molecular flexibility index (Phi) is 4.50. The lowest BCUT2D eigenvalue weighted by Crippen LogP contribution is -2.34. The summed E-state index contributed by atoms with van der Waals surface area (Å²) in [4.78, 5) is 18.1. The van der Waals surface area contributed by atoms with Crippen LogP contribution in [0.4, 0.5) is 0 Å². The van der Waals surface area contributed by atoms with E-state index in [1.807, 2.05) is 0 Å². The number of hydrogen-bond acceptors (Lipinski definition) is 4. The van der Waals surface area contributed by atoms with Crippen LogP contribution in [0.3, 0.4) is 0 Å². The van der Waals surface area contributed by atoms with Gasteiger partial charge in [0.15, 0.2) is 0 Å². The Balaban J connectivity index is 1.68. The van der Waals surface area contributed by atoms with E-state index >= 15 is 0 Å². The van der Waals surface area contributed by atoms with E-state index in [0.717, 1.165) is 13.1 Å². The number of amides is 1. The van der Waals surface area contributed by atoms with Gasteiger partial charge in [0.05, 0.1) is 5.51 Å². The highest BCUT2D eigenvalue weighted by molar-refractivity contribution is 7.07. The first kappa shape index (κ1) is 12.5. The summed E-state index contributed by atoms with van der Waals surface area (Å²) in [6, 6.07) is 0. The molecule has 17 heavy (non-hydrogen) atoms. The minimum Gasteiger partial charge on any atom is -0.350 e. The van der Waals surface area contributed by atoms with Crippen LogP contribution in [0.25, 0.3) is 0 Å². The highest BCUT2D eigenvalue weighted by atomic mass is 32.1. The Morgan fingerprint density at radius 3 is 3.00 bits per heavy atom. The minimum atomic E-state index is -0.0560. The summed E-state index contributed by atoms with van der Waals surface area (Å²) in [5, 5.41) is 4.72. The summed E-state index contributed by atoms with van der Waals surface area (Å²) in [5.41, 5.74) is 2.21. The van der Waals surface area contributed by atoms with Gasteiger partial charge in [0, 0.05) is 18.5 Å². The number of carbonyl (C=O) groups is 1. The molecule has 1 aromatic rings. The number of rotatable bonds is 5. The first-order chi connectivity index (χ1) is 8.25. The molecule has 0 bridgehead atoms. The Bertz CT molecular complexity index is 347. The van der Waals surface area contributed by atoms with Crippen LogP contribution in [-0.2, 0) is 0 Å². The standard InChI is InChI=1S/C12H19N3OS/c1-10(7-15-4-2-3-5-15)6-13-12(16)11-8-17-9-14-11/h8-10H,2-7H2,1H3,(H,13,16). The Hall–Kier alpha value is -0.940. The van der Waals surface area contributed by atoms with Gasteiger partial charge in [0.25, 0.3) is 5.91 Å². The van der Waals surface area contributed by atoms with E-state index < -0.39 is 0 Å². The Labute approximate surface area is 106 Å². The predicted molar refractivity (Wildman–Crippen MR) is 69.3 cm³/mol. The SMILES string of the molecule is CC(CNC(=O)c1cscn1)CN1CCCC1. The van der Waals surface area contributed by atoms with Gasteiger partial charge >= 0.3 is 0 Å². The van der Waals surface area contributed by atoms with E-state index in [0.29, 0.717) is 11.6 Å². The number of nitrogens with one attached hydrogen (secondary N) is 1. The average molecular weight is 253 g/mol. The van der Waals surface area contributed by atoms with E-state index in [4.69, 9.17) is 0 Å². The van der Waals surface area contributed by atoms with Crippen molar-refractivity contribution in [3.63, 3.8) is 0 Å². The van der Waals surface area contributed by atoms with E-state index in [2.05, 4.69) is 22.1 Å². The van der Waals surface area contributed by atoms with Gasteiger partial charge in [-0.05, 0) is 31.8 Å². The molecule has 1 fully saturated rings. The molecule has 1 aliphatic heterocycles. The van der Waals surface area contributed by atoms with Gasteiger partial charge in [-0.1, -0.05) is 6.92 Å². The van der Waals surface area contributed by atoms with Crippen molar-refractivity contribution in [1.82, 2.24) is 15.2 Å². The molecule has 1 amide bonds. The molecule has 1 aliphatic rings. The first-order valence-electron chi connectivity index (χ1n) is 6.14. The number of hydrogen-bond donors (Lipinski definition) is 1. The van der Waals surface area contributed by atoms with Crippen LogP contribution in [0.2, 0.25) is 0 Å². The number of thiazole rings is 1. The van der Waals surface area contributed by atoms with Crippen LogP contribution >= 0.6 is 11.3 Å². The van der Waals surface area contributed by atoms with E-state index in [9.17, 15) is 4.79 Å². The molecule has 1 unspecified atom stereocenters. The summed E-state index contributed by atoms with van der Waals surface area (Å²) < 4.78 is 0. The maximum atomic E-state index is 11.7. The molecule has 0 saturated carbocycles. The van der Waals surface area contributed by atoms with Crippen LogP contribution in [0.5, 0.6) is 0 Å². The second-order valence-electron chi connectivity index (χ2n) is 4.70. The lowest BCUT2D eigenvalue weighted by Gasteiger charge is -2.20. The second-order valence-corrected chi connectivity index (χ2v) is 5.42. The monoisotopic (exact) mass is 253 g/mol. The molecular formula is C12H19N3OS. The minimum absolute atomic E-state index is 0.0560. The second kappa shape index (κ2) is 6.12. The van der Waals surface area contributed by atoms with E-state index in [-0.39, 0.29) is 5.91 Å². The number of nitrogens with zero attached hydrogens (tertiary/aromatic N) is 2. The van der Waals surface area contributed by atoms with Crippen molar-refractivity contribution in [3.05, 3.63) is 16.6 Å². The molecule has 5 heteroatoms. The summed E-state index contributed by atoms with van der Waals surface area (Å²) in [7, 11) is 0. The van der Waals surface area contributed by atoms with Gasteiger partial charge in [0.1, 0.15) is 5.69 Å². The molecule has 1 N–H and O–H groups in total. The molecule has 2 rings (SSSR count). The zero-order chi connectivity index (χ0) is 12.1. The van der Waals surface area contributed by atoms with Crippen molar-refractivity contribution < 1.29 is 4.79 Å². The summed E-state index contributed by atoms with van der Waals surface area (Å²) in [6.45, 7) is 6.42. The largest absolute Gasteiger partial charge is 0.350 e. The smallest absolute Gasteiger partial charge is 0.270 e. The van der Waals surface area contributed by atoms with Crippen molar-refractivity contribution >= 4 is 17.2 Å². The summed E-state index contributed by atoms with van der Waals surface area (Å²) in [6.07, 6.45) is 2.63. The number of likely N-dealkylation sites (tertiary alicyclic amines) is 1. The van der Waals surface area contributed by atoms with E-state index in [1.165, 1.54) is 37.3 Å². The molecule has 0 spiro atoms. The van der Waals surface area contributed by atoms with Gasteiger partial charge < -0.3 is 10.2 Å². The van der Waals surface area contributed by atoms with Crippen LogP contribution < -0.4 is 5.32 Å². The molecule has 0 aliphatic carbocycles. The summed E-state index contributed by atoms with van der Waals surface area (Å²) >= 11 is 1.45. The molecule has 94 valence electrons.